The highest BCUT2D eigenvalue weighted by molar-refractivity contribution is 7.84. The third kappa shape index (κ3) is 5.12. The summed E-state index contributed by atoms with van der Waals surface area (Å²) in [7, 11) is -5.20. The topological polar surface area (TPSA) is 293 Å². The molecule has 220 valence electrons. The number of hydrogen-bond acceptors (Lipinski definition) is 14. The van der Waals surface area contributed by atoms with Gasteiger partial charge in [0.25, 0.3) is 17.7 Å². The van der Waals surface area contributed by atoms with Gasteiger partial charge in [-0.05, 0) is 20.3 Å². The van der Waals surface area contributed by atoms with Crippen molar-refractivity contribution in [1.29, 1.82) is 0 Å². The number of β-lactam (4-membered cyclic amide) rings is 1. The van der Waals surface area contributed by atoms with Gasteiger partial charge in [-0.3, -0.25) is 23.7 Å². The Morgan fingerprint density at radius 2 is 1.95 bits per heavy atom. The van der Waals surface area contributed by atoms with E-state index in [9.17, 15) is 52.4 Å². The Morgan fingerprint density at radius 1 is 1.29 bits per heavy atom. The molecule has 41 heavy (non-hydrogen) atoms. The van der Waals surface area contributed by atoms with Crippen LogP contribution >= 0.6 is 11.3 Å². The summed E-state index contributed by atoms with van der Waals surface area (Å²) in [6, 6.07) is -2.32. The second-order valence-electron chi connectivity index (χ2n) is 9.38. The maximum absolute atomic E-state index is 13.2. The number of oxime groups is 1. The Bertz CT molecular complexity index is 1680. The molecule has 0 aromatic carbocycles. The van der Waals surface area contributed by atoms with Crippen LogP contribution in [0, 0.1) is 0 Å². The van der Waals surface area contributed by atoms with Gasteiger partial charge < -0.3 is 36.6 Å². The molecule has 1 saturated carbocycles. The van der Waals surface area contributed by atoms with Crippen molar-refractivity contribution < 1.29 is 52.4 Å². The molecule has 1 aliphatic heterocycles. The number of aromatic nitrogens is 2. The first-order valence-corrected chi connectivity index (χ1v) is 13.5. The van der Waals surface area contributed by atoms with Gasteiger partial charge in [0.2, 0.25) is 11.0 Å². The highest BCUT2D eigenvalue weighted by Crippen LogP contribution is 2.53. The SMILES string of the molecule is CC(C)(O/N=C(\C(=O)NC1C(=O)N(S(=O)(=O)O)C12C[C@H]2NC(=O)c1cc(=O)c(O)cn1O)c1csc(N)n1)C(=O)O. The molecule has 1 spiro atoms. The lowest BCUT2D eigenvalue weighted by Gasteiger charge is -2.45. The van der Waals surface area contributed by atoms with Crippen LogP contribution in [0.4, 0.5) is 5.13 Å². The monoisotopic (exact) mass is 615 g/mol. The molecule has 21 heteroatoms. The van der Waals surface area contributed by atoms with Gasteiger partial charge in [-0.1, -0.05) is 5.16 Å². The van der Waals surface area contributed by atoms with Gasteiger partial charge in [-0.15, -0.1) is 11.3 Å². The summed E-state index contributed by atoms with van der Waals surface area (Å²) < 4.78 is 33.8. The number of carbonyl (C=O) groups is 4. The van der Waals surface area contributed by atoms with Crippen molar-refractivity contribution in [2.24, 2.45) is 5.16 Å². The fourth-order valence-electron chi connectivity index (χ4n) is 4.00. The zero-order valence-corrected chi connectivity index (χ0v) is 22.5. The highest BCUT2D eigenvalue weighted by atomic mass is 32.2. The Balaban J connectivity index is 1.62. The maximum Gasteiger partial charge on any atom is 0.362 e. The molecule has 0 radical (unpaired) electrons. The smallest absolute Gasteiger partial charge is 0.362 e. The number of carbonyl (C=O) groups excluding carboxylic acids is 3. The molecule has 3 amide bonds. The number of nitrogens with two attached hydrogens (primary N) is 1. The number of anilines is 1. The average Bonchev–Trinajstić information content (AvgIpc) is 3.40. The number of amides is 3. The Labute approximate surface area is 232 Å². The molecule has 1 aliphatic carbocycles. The zero-order chi connectivity index (χ0) is 30.7. The van der Waals surface area contributed by atoms with E-state index in [1.165, 1.54) is 5.38 Å². The van der Waals surface area contributed by atoms with Crippen LogP contribution in [0.2, 0.25) is 0 Å². The van der Waals surface area contributed by atoms with Gasteiger partial charge >= 0.3 is 16.3 Å². The molecule has 19 nitrogen and oxygen atoms in total. The minimum atomic E-state index is -5.20. The lowest BCUT2D eigenvalue weighted by atomic mass is 9.94. The normalized spacial score (nSPS) is 22.2. The van der Waals surface area contributed by atoms with Crippen LogP contribution in [-0.4, -0.2) is 95.0 Å². The number of nitrogens with zero attached hydrogens (tertiary/aromatic N) is 4. The molecule has 3 atom stereocenters. The molecular weight excluding hydrogens is 594 g/mol. The van der Waals surface area contributed by atoms with Crippen LogP contribution < -0.4 is 21.8 Å². The summed E-state index contributed by atoms with van der Waals surface area (Å²) in [6.07, 6.45) is 0.224. The average molecular weight is 616 g/mol. The van der Waals surface area contributed by atoms with E-state index in [0.717, 1.165) is 25.2 Å². The van der Waals surface area contributed by atoms with Gasteiger partial charge in [0, 0.05) is 11.4 Å². The van der Waals surface area contributed by atoms with E-state index in [0.29, 0.717) is 12.3 Å². The van der Waals surface area contributed by atoms with Crippen LogP contribution in [0.1, 0.15) is 36.5 Å². The van der Waals surface area contributed by atoms with E-state index < -0.39 is 79.8 Å². The summed E-state index contributed by atoms with van der Waals surface area (Å²) in [5.41, 5.74) is -0.683. The number of carboxylic acid groups (broad SMARTS) is 1. The molecule has 8 N–H and O–H groups in total. The first-order chi connectivity index (χ1) is 18.9. The van der Waals surface area contributed by atoms with E-state index >= 15 is 0 Å². The van der Waals surface area contributed by atoms with E-state index in [2.05, 4.69) is 20.8 Å². The quantitative estimate of drug-likeness (QED) is 0.0504. The van der Waals surface area contributed by atoms with E-state index in [-0.39, 0.29) is 26.3 Å². The third-order valence-electron chi connectivity index (χ3n) is 6.22. The predicted octanol–water partition coefficient (Wildman–Crippen LogP) is -2.52. The summed E-state index contributed by atoms with van der Waals surface area (Å²) in [4.78, 5) is 70.6. The fraction of sp³-hybridized carbons (Fsp3) is 0.350. The molecule has 1 saturated heterocycles. The van der Waals surface area contributed by atoms with Crippen LogP contribution in [-0.2, 0) is 29.5 Å². The number of aromatic hydroxyl groups is 1. The number of nitrogen functional groups attached to an aromatic ring is 1. The summed E-state index contributed by atoms with van der Waals surface area (Å²) in [5.74, 6) is -5.90. The molecule has 3 heterocycles. The third-order valence-corrected chi connectivity index (χ3v) is 7.87. The van der Waals surface area contributed by atoms with Gasteiger partial charge in [0.15, 0.2) is 16.6 Å². The Kier molecular flexibility index (Phi) is 6.92. The fourth-order valence-corrected chi connectivity index (χ4v) is 5.62. The van der Waals surface area contributed by atoms with Crippen molar-refractivity contribution in [2.45, 2.75) is 43.5 Å². The molecule has 2 fully saturated rings. The number of nitrogens with one attached hydrogen (secondary N) is 2. The predicted molar refractivity (Wildman–Crippen MR) is 134 cm³/mol. The molecule has 2 aromatic heterocycles. The molecule has 0 bridgehead atoms. The van der Waals surface area contributed by atoms with Crippen LogP contribution in [0.25, 0.3) is 0 Å². The first kappa shape index (κ1) is 29.2. The van der Waals surface area contributed by atoms with E-state index in [1.54, 1.807) is 0 Å². The zero-order valence-electron chi connectivity index (χ0n) is 20.8. The molecular formula is C20H21N7O12S2. The van der Waals surface area contributed by atoms with E-state index in [4.69, 9.17) is 10.6 Å². The number of carboxylic acids is 1. The van der Waals surface area contributed by atoms with Crippen molar-refractivity contribution in [3.8, 4) is 5.75 Å². The second kappa shape index (κ2) is 9.71. The minimum Gasteiger partial charge on any atom is -0.503 e. The number of hydrogen-bond donors (Lipinski definition) is 7. The van der Waals surface area contributed by atoms with Gasteiger partial charge in [-0.25, -0.2) is 14.1 Å². The van der Waals surface area contributed by atoms with Crippen molar-refractivity contribution in [3.63, 3.8) is 0 Å². The summed E-state index contributed by atoms with van der Waals surface area (Å²) in [5, 5.41) is 37.9. The first-order valence-electron chi connectivity index (χ1n) is 11.2. The van der Waals surface area contributed by atoms with Crippen molar-refractivity contribution in [2.75, 3.05) is 5.73 Å². The number of rotatable bonds is 9. The Hall–Kier alpha value is -4.76. The molecule has 2 aliphatic rings. The lowest BCUT2D eigenvalue weighted by molar-refractivity contribution is -0.161. The number of thiazole rings is 1. The largest absolute Gasteiger partial charge is 0.503 e. The van der Waals surface area contributed by atoms with Crippen molar-refractivity contribution >= 4 is 56.2 Å². The van der Waals surface area contributed by atoms with E-state index in [1.807, 2.05) is 0 Å². The molecule has 2 unspecified atom stereocenters. The maximum atomic E-state index is 13.2. The van der Waals surface area contributed by atoms with Gasteiger partial charge in [0.05, 0.1) is 12.2 Å². The second-order valence-corrected chi connectivity index (χ2v) is 11.5. The minimum absolute atomic E-state index is 0.00621. The highest BCUT2D eigenvalue weighted by Gasteiger charge is 2.78. The van der Waals surface area contributed by atoms with Crippen molar-refractivity contribution in [1.82, 2.24) is 24.7 Å². The number of aliphatic carboxylic acids is 1. The van der Waals surface area contributed by atoms with Crippen LogP contribution in [0.3, 0.4) is 0 Å². The molecule has 4 rings (SSSR count). The van der Waals surface area contributed by atoms with Gasteiger partial charge in [0.1, 0.15) is 23.0 Å². The standard InChI is InChI=1S/C20H21N7O12S2/c1-19(2,17(33)34)39-25-12(7-6-40-18(21)22-7)15(31)24-13-16(32)27(41(36,37)38)20(13)4-11(20)23-14(30)8-3-9(28)10(29)5-26(8)35/h3,5-6,11,13,29,35H,4H2,1-2H3,(H2,21,22)(H,23,30)(H,24,31)(H,33,34)(H,36,37,38)/b25-12-/t11-,13?,20?/m1/s1. The lowest BCUT2D eigenvalue weighted by Crippen LogP contribution is -2.76. The Morgan fingerprint density at radius 3 is 2.51 bits per heavy atom. The van der Waals surface area contributed by atoms with Crippen molar-refractivity contribution in [3.05, 3.63) is 39.3 Å². The molecule has 2 aromatic rings. The summed E-state index contributed by atoms with van der Waals surface area (Å²) >= 11 is 0.892. The summed E-state index contributed by atoms with van der Waals surface area (Å²) in [6.45, 7) is 2.27. The van der Waals surface area contributed by atoms with Gasteiger partial charge in [-0.2, -0.15) is 13.1 Å². The van der Waals surface area contributed by atoms with Crippen LogP contribution in [0.15, 0.2) is 27.6 Å². The van der Waals surface area contributed by atoms with Crippen LogP contribution in [0.5, 0.6) is 5.75 Å². The number of pyridine rings is 1.